The first-order valence-corrected chi connectivity index (χ1v) is 7.51. The van der Waals surface area contributed by atoms with Crippen LogP contribution >= 0.6 is 11.6 Å². The molecule has 0 atom stereocenters. The standard InChI is InChI=1S/C16H19ClO4/c1-15(2)8-20-12-6-10(5-11(17)14(12)21-9-15)16(3-4-16)7-13(18)19/h5-6H,3-4,7-9H2,1-2H3,(H,18,19). The van der Waals surface area contributed by atoms with Crippen molar-refractivity contribution in [1.29, 1.82) is 0 Å². The zero-order valence-corrected chi connectivity index (χ0v) is 13.0. The van der Waals surface area contributed by atoms with E-state index in [2.05, 4.69) is 13.8 Å². The van der Waals surface area contributed by atoms with Gasteiger partial charge in [0.05, 0.1) is 24.7 Å². The fourth-order valence-corrected chi connectivity index (χ4v) is 2.98. The zero-order chi connectivity index (χ0) is 15.3. The van der Waals surface area contributed by atoms with Crippen molar-refractivity contribution in [3.8, 4) is 11.5 Å². The number of hydrogen-bond acceptors (Lipinski definition) is 3. The molecular weight excluding hydrogens is 292 g/mol. The van der Waals surface area contributed by atoms with E-state index in [1.165, 1.54) is 0 Å². The molecule has 1 heterocycles. The molecule has 1 N–H and O–H groups in total. The highest BCUT2D eigenvalue weighted by atomic mass is 35.5. The topological polar surface area (TPSA) is 55.8 Å². The molecule has 5 heteroatoms. The van der Waals surface area contributed by atoms with Crippen LogP contribution in [-0.4, -0.2) is 24.3 Å². The summed E-state index contributed by atoms with van der Waals surface area (Å²) in [5.74, 6) is 0.411. The van der Waals surface area contributed by atoms with Crippen LogP contribution in [0.2, 0.25) is 5.02 Å². The summed E-state index contributed by atoms with van der Waals surface area (Å²) in [6.07, 6.45) is 1.88. The number of carbonyl (C=O) groups is 1. The van der Waals surface area contributed by atoms with E-state index in [0.717, 1.165) is 18.4 Å². The molecule has 114 valence electrons. The van der Waals surface area contributed by atoms with E-state index >= 15 is 0 Å². The first-order valence-electron chi connectivity index (χ1n) is 7.13. The Kier molecular flexibility index (Phi) is 3.32. The molecule has 2 aliphatic rings. The van der Waals surface area contributed by atoms with Crippen LogP contribution in [0.3, 0.4) is 0 Å². The van der Waals surface area contributed by atoms with Gasteiger partial charge in [-0.05, 0) is 30.5 Å². The number of rotatable bonds is 3. The molecule has 1 aromatic rings. The molecule has 0 radical (unpaired) electrons. The summed E-state index contributed by atoms with van der Waals surface area (Å²) in [6.45, 7) is 5.23. The lowest BCUT2D eigenvalue weighted by Crippen LogP contribution is -2.26. The van der Waals surface area contributed by atoms with E-state index in [1.54, 1.807) is 0 Å². The largest absolute Gasteiger partial charge is 0.489 e. The predicted molar refractivity (Wildman–Crippen MR) is 79.4 cm³/mol. The summed E-state index contributed by atoms with van der Waals surface area (Å²) in [7, 11) is 0. The van der Waals surface area contributed by atoms with Crippen molar-refractivity contribution in [2.75, 3.05) is 13.2 Å². The highest BCUT2D eigenvalue weighted by Crippen LogP contribution is 2.54. The van der Waals surface area contributed by atoms with Gasteiger partial charge in [0.1, 0.15) is 0 Å². The van der Waals surface area contributed by atoms with E-state index < -0.39 is 5.97 Å². The second-order valence-electron chi connectivity index (χ2n) is 6.88. The number of ether oxygens (including phenoxy) is 2. The van der Waals surface area contributed by atoms with Crippen LogP contribution in [-0.2, 0) is 10.2 Å². The first kappa shape index (κ1) is 14.5. The van der Waals surface area contributed by atoms with Crippen molar-refractivity contribution in [2.45, 2.75) is 38.5 Å². The summed E-state index contributed by atoms with van der Waals surface area (Å²) in [4.78, 5) is 11.1. The summed E-state index contributed by atoms with van der Waals surface area (Å²) in [5, 5.41) is 9.58. The summed E-state index contributed by atoms with van der Waals surface area (Å²) in [5.41, 5.74) is 0.577. The molecule has 0 saturated heterocycles. The molecule has 1 saturated carbocycles. The molecule has 0 spiro atoms. The number of fused-ring (bicyclic) bond motifs is 1. The first-order chi connectivity index (χ1) is 9.81. The average molecular weight is 311 g/mol. The minimum absolute atomic E-state index is 0.0825. The maximum absolute atomic E-state index is 11.1. The quantitative estimate of drug-likeness (QED) is 0.926. The van der Waals surface area contributed by atoms with Gasteiger partial charge in [-0.15, -0.1) is 0 Å². The minimum Gasteiger partial charge on any atom is -0.489 e. The number of halogens is 1. The van der Waals surface area contributed by atoms with Crippen LogP contribution in [0.25, 0.3) is 0 Å². The molecule has 1 aromatic carbocycles. The van der Waals surface area contributed by atoms with Crippen molar-refractivity contribution in [3.05, 3.63) is 22.7 Å². The Morgan fingerprint density at radius 3 is 2.57 bits per heavy atom. The predicted octanol–water partition coefficient (Wildman–Crippen LogP) is 3.64. The second kappa shape index (κ2) is 4.80. The van der Waals surface area contributed by atoms with Crippen LogP contribution in [0.15, 0.2) is 12.1 Å². The fourth-order valence-electron chi connectivity index (χ4n) is 2.71. The molecule has 4 nitrogen and oxygen atoms in total. The van der Waals surface area contributed by atoms with Gasteiger partial charge in [0, 0.05) is 10.8 Å². The molecule has 0 unspecified atom stereocenters. The van der Waals surface area contributed by atoms with Crippen molar-refractivity contribution in [3.63, 3.8) is 0 Å². The zero-order valence-electron chi connectivity index (χ0n) is 12.2. The van der Waals surface area contributed by atoms with E-state index in [1.807, 2.05) is 12.1 Å². The molecule has 1 fully saturated rings. The van der Waals surface area contributed by atoms with Gasteiger partial charge in [0.2, 0.25) is 0 Å². The second-order valence-corrected chi connectivity index (χ2v) is 7.28. The summed E-state index contributed by atoms with van der Waals surface area (Å²) >= 11 is 6.33. The van der Waals surface area contributed by atoms with E-state index in [0.29, 0.717) is 29.7 Å². The Morgan fingerprint density at radius 2 is 1.95 bits per heavy atom. The molecular formula is C16H19ClO4. The third-order valence-corrected chi connectivity index (χ3v) is 4.47. The number of carboxylic acid groups (broad SMARTS) is 1. The Bertz CT molecular complexity index is 590. The Balaban J connectivity index is 1.95. The van der Waals surface area contributed by atoms with Crippen LogP contribution in [0.5, 0.6) is 11.5 Å². The molecule has 1 aliphatic heterocycles. The molecule has 0 amide bonds. The highest BCUT2D eigenvalue weighted by Gasteiger charge is 2.46. The lowest BCUT2D eigenvalue weighted by Gasteiger charge is -2.19. The third kappa shape index (κ3) is 2.82. The van der Waals surface area contributed by atoms with E-state index in [9.17, 15) is 4.79 Å². The molecule has 0 aromatic heterocycles. The van der Waals surface area contributed by atoms with E-state index in [4.69, 9.17) is 26.2 Å². The van der Waals surface area contributed by atoms with Gasteiger partial charge in [0.25, 0.3) is 0 Å². The number of carboxylic acids is 1. The van der Waals surface area contributed by atoms with Gasteiger partial charge >= 0.3 is 5.97 Å². The van der Waals surface area contributed by atoms with E-state index in [-0.39, 0.29) is 17.3 Å². The third-order valence-electron chi connectivity index (χ3n) is 4.19. The smallest absolute Gasteiger partial charge is 0.304 e. The minimum atomic E-state index is -0.781. The van der Waals surface area contributed by atoms with Crippen molar-refractivity contribution in [2.24, 2.45) is 5.41 Å². The number of hydrogen-bond donors (Lipinski definition) is 1. The highest BCUT2D eigenvalue weighted by molar-refractivity contribution is 6.32. The van der Waals surface area contributed by atoms with Gasteiger partial charge in [0.15, 0.2) is 11.5 Å². The molecule has 1 aliphatic carbocycles. The Hall–Kier alpha value is -1.42. The van der Waals surface area contributed by atoms with Crippen molar-refractivity contribution >= 4 is 17.6 Å². The SMILES string of the molecule is CC1(C)COc2cc(C3(CC(=O)O)CC3)cc(Cl)c2OC1. The van der Waals surface area contributed by atoms with Crippen LogP contribution in [0.4, 0.5) is 0 Å². The maximum Gasteiger partial charge on any atom is 0.304 e. The number of benzene rings is 1. The van der Waals surface area contributed by atoms with Gasteiger partial charge in [-0.2, -0.15) is 0 Å². The molecule has 21 heavy (non-hydrogen) atoms. The lowest BCUT2D eigenvalue weighted by atomic mass is 9.92. The monoisotopic (exact) mass is 310 g/mol. The lowest BCUT2D eigenvalue weighted by molar-refractivity contribution is -0.137. The molecule has 0 bridgehead atoms. The van der Waals surface area contributed by atoms with Crippen LogP contribution < -0.4 is 9.47 Å². The van der Waals surface area contributed by atoms with Gasteiger partial charge in [-0.3, -0.25) is 4.79 Å². The summed E-state index contributed by atoms with van der Waals surface area (Å²) < 4.78 is 11.6. The maximum atomic E-state index is 11.1. The Morgan fingerprint density at radius 1 is 1.29 bits per heavy atom. The van der Waals surface area contributed by atoms with Gasteiger partial charge in [-0.25, -0.2) is 0 Å². The fraction of sp³-hybridized carbons (Fsp3) is 0.562. The van der Waals surface area contributed by atoms with Gasteiger partial charge < -0.3 is 14.6 Å². The van der Waals surface area contributed by atoms with Gasteiger partial charge in [-0.1, -0.05) is 25.4 Å². The Labute approximate surface area is 129 Å². The molecule has 3 rings (SSSR count). The van der Waals surface area contributed by atoms with Crippen LogP contribution in [0, 0.1) is 5.41 Å². The van der Waals surface area contributed by atoms with Crippen molar-refractivity contribution < 1.29 is 19.4 Å². The number of aliphatic carboxylic acids is 1. The average Bonchev–Trinajstić information content (AvgIpc) is 3.15. The normalized spacial score (nSPS) is 21.5. The van der Waals surface area contributed by atoms with Crippen LogP contribution in [0.1, 0.15) is 38.7 Å². The summed E-state index contributed by atoms with van der Waals surface area (Å²) in [6, 6.07) is 3.73. The van der Waals surface area contributed by atoms with Crippen molar-refractivity contribution in [1.82, 2.24) is 0 Å².